The van der Waals surface area contributed by atoms with Gasteiger partial charge in [0.25, 0.3) is 10.0 Å². The lowest BCUT2D eigenvalue weighted by molar-refractivity contribution is -0.139. The van der Waals surface area contributed by atoms with Crippen LogP contribution in [0.1, 0.15) is 55.7 Å². The molecule has 41 heavy (non-hydrogen) atoms. The first-order valence-corrected chi connectivity index (χ1v) is 16.3. The summed E-state index contributed by atoms with van der Waals surface area (Å²) in [5.74, 6) is -0.690. The van der Waals surface area contributed by atoms with Crippen molar-refractivity contribution in [3.05, 3.63) is 94.0 Å². The molecule has 0 bridgehead atoms. The molecule has 0 spiro atoms. The number of hydrogen-bond acceptors (Lipinski definition) is 4. The summed E-state index contributed by atoms with van der Waals surface area (Å²) >= 11 is 3.43. The molecule has 0 heterocycles. The summed E-state index contributed by atoms with van der Waals surface area (Å²) < 4.78 is 29.7. The summed E-state index contributed by atoms with van der Waals surface area (Å²) in [5.41, 5.74) is 3.16. The number of aryl methyl sites for hydroxylation is 2. The summed E-state index contributed by atoms with van der Waals surface area (Å²) in [4.78, 5) is 29.1. The van der Waals surface area contributed by atoms with E-state index < -0.39 is 28.5 Å². The van der Waals surface area contributed by atoms with Gasteiger partial charge in [0.15, 0.2) is 0 Å². The topological polar surface area (TPSA) is 86.8 Å². The molecule has 1 aliphatic rings. The van der Waals surface area contributed by atoms with Gasteiger partial charge in [-0.05, 0) is 75.1 Å². The number of amides is 2. The van der Waals surface area contributed by atoms with Crippen LogP contribution in [0.5, 0.6) is 0 Å². The van der Waals surface area contributed by atoms with Crippen LogP contribution in [0.4, 0.5) is 5.69 Å². The lowest BCUT2D eigenvalue weighted by Crippen LogP contribution is -2.53. The third kappa shape index (κ3) is 7.77. The van der Waals surface area contributed by atoms with Crippen LogP contribution in [-0.4, -0.2) is 43.8 Å². The Labute approximate surface area is 252 Å². The highest BCUT2D eigenvalue weighted by atomic mass is 79.9. The number of carbonyl (C=O) groups excluding carboxylic acids is 2. The average Bonchev–Trinajstić information content (AvgIpc) is 2.95. The van der Waals surface area contributed by atoms with Crippen molar-refractivity contribution in [1.82, 2.24) is 10.2 Å². The van der Waals surface area contributed by atoms with Gasteiger partial charge in [0, 0.05) is 17.1 Å². The largest absolute Gasteiger partial charge is 0.352 e. The Hall–Kier alpha value is -3.17. The fraction of sp³-hybridized carbons (Fsp3) is 0.375. The lowest BCUT2D eigenvalue weighted by Gasteiger charge is -2.33. The number of nitrogens with zero attached hydrogens (tertiary/aromatic N) is 2. The highest BCUT2D eigenvalue weighted by molar-refractivity contribution is 9.10. The molecule has 0 aliphatic heterocycles. The van der Waals surface area contributed by atoms with Crippen molar-refractivity contribution in [2.45, 2.75) is 76.4 Å². The van der Waals surface area contributed by atoms with Crippen molar-refractivity contribution in [1.29, 1.82) is 0 Å². The second-order valence-electron chi connectivity index (χ2n) is 10.8. The van der Waals surface area contributed by atoms with Crippen molar-refractivity contribution in [2.24, 2.45) is 0 Å². The van der Waals surface area contributed by atoms with Crippen molar-refractivity contribution >= 4 is 43.5 Å². The summed E-state index contributed by atoms with van der Waals surface area (Å²) in [6, 6.07) is 20.4. The van der Waals surface area contributed by atoms with Crippen molar-refractivity contribution < 1.29 is 18.0 Å². The molecule has 0 radical (unpaired) electrons. The van der Waals surface area contributed by atoms with Crippen LogP contribution < -0.4 is 9.62 Å². The van der Waals surface area contributed by atoms with E-state index in [0.29, 0.717) is 10.2 Å². The third-order valence-electron chi connectivity index (χ3n) is 7.70. The Morgan fingerprint density at radius 1 is 0.951 bits per heavy atom. The molecule has 1 saturated carbocycles. The molecule has 4 rings (SSSR count). The quantitative estimate of drug-likeness (QED) is 0.289. The number of nitrogens with one attached hydrogen (secondary N) is 1. The minimum absolute atomic E-state index is 0.0874. The average molecular weight is 641 g/mol. The van der Waals surface area contributed by atoms with Crippen molar-refractivity contribution in [2.75, 3.05) is 10.8 Å². The molecular weight excluding hydrogens is 602 g/mol. The van der Waals surface area contributed by atoms with Crippen LogP contribution in [0.25, 0.3) is 0 Å². The summed E-state index contributed by atoms with van der Waals surface area (Å²) in [6.45, 7) is 5.28. The molecule has 1 N–H and O–H groups in total. The van der Waals surface area contributed by atoms with Gasteiger partial charge in [-0.15, -0.1) is 0 Å². The van der Waals surface area contributed by atoms with E-state index in [9.17, 15) is 18.0 Å². The van der Waals surface area contributed by atoms with Crippen LogP contribution in [0.2, 0.25) is 0 Å². The van der Waals surface area contributed by atoms with Crippen molar-refractivity contribution in [3.63, 3.8) is 0 Å². The predicted molar refractivity (Wildman–Crippen MR) is 166 cm³/mol. The molecule has 3 aromatic rings. The molecule has 0 aromatic heterocycles. The number of sulfonamides is 1. The van der Waals surface area contributed by atoms with E-state index in [4.69, 9.17) is 0 Å². The van der Waals surface area contributed by atoms with E-state index in [1.54, 1.807) is 55.5 Å². The number of anilines is 1. The van der Waals surface area contributed by atoms with Gasteiger partial charge in [0.2, 0.25) is 11.8 Å². The molecule has 1 fully saturated rings. The number of benzene rings is 3. The molecule has 2 amide bonds. The van der Waals surface area contributed by atoms with E-state index in [-0.39, 0.29) is 23.4 Å². The predicted octanol–water partition coefficient (Wildman–Crippen LogP) is 6.13. The van der Waals surface area contributed by atoms with Gasteiger partial charge in [0.05, 0.1) is 10.6 Å². The molecule has 7 nitrogen and oxygen atoms in total. The molecule has 0 unspecified atom stereocenters. The first-order chi connectivity index (χ1) is 19.6. The maximum absolute atomic E-state index is 14.1. The SMILES string of the molecule is Cc1ccc(S(=O)(=O)N(CC(=O)N(Cc2ccccc2C)[C@@H](C)C(=O)NC2CCCCC2)c2cccc(Br)c2)cc1. The van der Waals surface area contributed by atoms with E-state index in [1.807, 2.05) is 38.1 Å². The van der Waals surface area contributed by atoms with Crippen LogP contribution in [0.3, 0.4) is 0 Å². The van der Waals surface area contributed by atoms with Gasteiger partial charge < -0.3 is 10.2 Å². The monoisotopic (exact) mass is 639 g/mol. The lowest BCUT2D eigenvalue weighted by atomic mass is 9.95. The molecule has 218 valence electrons. The summed E-state index contributed by atoms with van der Waals surface area (Å²) in [7, 11) is -4.10. The number of halogens is 1. The van der Waals surface area contributed by atoms with Crippen LogP contribution >= 0.6 is 15.9 Å². The Balaban J connectivity index is 1.68. The summed E-state index contributed by atoms with van der Waals surface area (Å²) in [5, 5.41) is 3.14. The van der Waals surface area contributed by atoms with E-state index in [1.165, 1.54) is 11.3 Å². The van der Waals surface area contributed by atoms with Crippen LogP contribution in [-0.2, 0) is 26.2 Å². The van der Waals surface area contributed by atoms with E-state index in [0.717, 1.165) is 46.7 Å². The molecule has 1 atom stereocenters. The fourth-order valence-corrected chi connectivity index (χ4v) is 6.91. The summed E-state index contributed by atoms with van der Waals surface area (Å²) in [6.07, 6.45) is 5.17. The first-order valence-electron chi connectivity index (χ1n) is 14.1. The number of hydrogen-bond donors (Lipinski definition) is 1. The zero-order valence-electron chi connectivity index (χ0n) is 23.8. The molecule has 1 aliphatic carbocycles. The smallest absolute Gasteiger partial charge is 0.264 e. The van der Waals surface area contributed by atoms with Crippen LogP contribution in [0.15, 0.2) is 82.2 Å². The Morgan fingerprint density at radius 2 is 1.63 bits per heavy atom. The second kappa shape index (κ2) is 13.7. The highest BCUT2D eigenvalue weighted by Crippen LogP contribution is 2.27. The first kappa shape index (κ1) is 30.8. The van der Waals surface area contributed by atoms with E-state index >= 15 is 0 Å². The number of carbonyl (C=O) groups is 2. The zero-order valence-corrected chi connectivity index (χ0v) is 26.2. The van der Waals surface area contributed by atoms with Gasteiger partial charge in [0.1, 0.15) is 12.6 Å². The Kier molecular flexibility index (Phi) is 10.3. The normalized spacial score (nSPS) is 14.7. The van der Waals surface area contributed by atoms with Gasteiger partial charge in [-0.2, -0.15) is 0 Å². The highest BCUT2D eigenvalue weighted by Gasteiger charge is 2.33. The fourth-order valence-electron chi connectivity index (χ4n) is 5.12. The molecule has 3 aromatic carbocycles. The van der Waals surface area contributed by atoms with E-state index in [2.05, 4.69) is 21.2 Å². The maximum Gasteiger partial charge on any atom is 0.264 e. The standard InChI is InChI=1S/C32H38BrN3O4S/c1-23-16-18-30(19-17-23)41(39,40)36(29-15-9-12-27(33)20-29)22-31(37)35(21-26-11-8-7-10-24(26)2)25(3)32(38)34-28-13-5-4-6-14-28/h7-12,15-20,25,28H,4-6,13-14,21-22H2,1-3H3,(H,34,38)/t25-/m0/s1. The number of rotatable bonds is 10. The van der Waals surface area contributed by atoms with Gasteiger partial charge >= 0.3 is 0 Å². The minimum Gasteiger partial charge on any atom is -0.352 e. The van der Waals surface area contributed by atoms with Gasteiger partial charge in [-0.1, -0.05) is 83.2 Å². The van der Waals surface area contributed by atoms with Gasteiger partial charge in [-0.25, -0.2) is 8.42 Å². The van der Waals surface area contributed by atoms with Crippen molar-refractivity contribution in [3.8, 4) is 0 Å². The minimum atomic E-state index is -4.10. The Bertz CT molecular complexity index is 1470. The van der Waals surface area contributed by atoms with Crippen LogP contribution in [0, 0.1) is 13.8 Å². The Morgan fingerprint density at radius 3 is 2.29 bits per heavy atom. The maximum atomic E-state index is 14.1. The molecular formula is C32H38BrN3O4S. The molecule has 0 saturated heterocycles. The molecule has 9 heteroatoms. The van der Waals surface area contributed by atoms with Gasteiger partial charge in [-0.3, -0.25) is 13.9 Å². The third-order valence-corrected chi connectivity index (χ3v) is 9.99. The second-order valence-corrected chi connectivity index (χ2v) is 13.6. The zero-order chi connectivity index (χ0) is 29.6.